The van der Waals surface area contributed by atoms with Gasteiger partial charge < -0.3 is 9.32 Å². The quantitative estimate of drug-likeness (QED) is 0.718. The Balaban J connectivity index is 1.60. The largest absolute Gasteiger partial charge is 0.438 e. The van der Waals surface area contributed by atoms with Gasteiger partial charge in [0.25, 0.3) is 0 Å². The van der Waals surface area contributed by atoms with Gasteiger partial charge in [0.05, 0.1) is 13.1 Å². The fourth-order valence-electron chi connectivity index (χ4n) is 2.65. The van der Waals surface area contributed by atoms with E-state index in [9.17, 15) is 0 Å². The zero-order chi connectivity index (χ0) is 14.2. The minimum atomic E-state index is 0.615. The van der Waals surface area contributed by atoms with E-state index in [1.165, 1.54) is 11.3 Å². The first-order valence-corrected chi connectivity index (χ1v) is 7.01. The Bertz CT molecular complexity index is 756. The van der Waals surface area contributed by atoms with Crippen LogP contribution in [0.5, 0.6) is 0 Å². The molecule has 4 rings (SSSR count). The number of pyridine rings is 1. The molecule has 0 unspecified atom stereocenters. The molecule has 0 fully saturated rings. The lowest BCUT2D eigenvalue weighted by Gasteiger charge is -2.17. The van der Waals surface area contributed by atoms with Crippen LogP contribution < -0.4 is 4.90 Å². The van der Waals surface area contributed by atoms with Crippen molar-refractivity contribution in [2.24, 2.45) is 0 Å². The highest BCUT2D eigenvalue weighted by atomic mass is 16.4. The molecule has 0 saturated heterocycles. The number of hydrogen-bond acceptors (Lipinski definition) is 4. The Morgan fingerprint density at radius 3 is 2.81 bits per heavy atom. The van der Waals surface area contributed by atoms with E-state index in [-0.39, 0.29) is 0 Å². The SMILES string of the molecule is Cc1cccc(N2Cc3nc(-c4ccccn4)oc3C2)c1. The van der Waals surface area contributed by atoms with Crippen LogP contribution in [-0.2, 0) is 13.1 Å². The van der Waals surface area contributed by atoms with Crippen molar-refractivity contribution < 1.29 is 4.42 Å². The predicted octanol–water partition coefficient (Wildman–Crippen LogP) is 3.57. The van der Waals surface area contributed by atoms with Crippen LogP contribution in [0.3, 0.4) is 0 Å². The minimum absolute atomic E-state index is 0.615. The first-order chi connectivity index (χ1) is 10.3. The van der Waals surface area contributed by atoms with Gasteiger partial charge in [0.15, 0.2) is 0 Å². The molecule has 1 aliphatic heterocycles. The van der Waals surface area contributed by atoms with Gasteiger partial charge >= 0.3 is 0 Å². The van der Waals surface area contributed by atoms with Crippen LogP contribution in [-0.4, -0.2) is 9.97 Å². The molecule has 0 N–H and O–H groups in total. The number of aryl methyl sites for hydroxylation is 1. The molecule has 4 heteroatoms. The molecule has 4 nitrogen and oxygen atoms in total. The van der Waals surface area contributed by atoms with Gasteiger partial charge in [0.2, 0.25) is 5.89 Å². The van der Waals surface area contributed by atoms with Gasteiger partial charge in [-0.2, -0.15) is 0 Å². The third-order valence-corrected chi connectivity index (χ3v) is 3.70. The lowest BCUT2D eigenvalue weighted by atomic mass is 10.2. The summed E-state index contributed by atoms with van der Waals surface area (Å²) in [6.45, 7) is 3.66. The van der Waals surface area contributed by atoms with E-state index in [1.54, 1.807) is 6.20 Å². The Morgan fingerprint density at radius 1 is 1.10 bits per heavy atom. The normalized spacial score (nSPS) is 13.5. The van der Waals surface area contributed by atoms with Gasteiger partial charge in [-0.05, 0) is 36.8 Å². The van der Waals surface area contributed by atoms with Crippen molar-refractivity contribution in [3.05, 3.63) is 65.7 Å². The van der Waals surface area contributed by atoms with Crippen LogP contribution in [0.1, 0.15) is 17.0 Å². The molecule has 0 atom stereocenters. The lowest BCUT2D eigenvalue weighted by molar-refractivity contribution is 0.520. The number of fused-ring (bicyclic) bond motifs is 1. The molecule has 0 spiro atoms. The molecule has 2 aromatic heterocycles. The van der Waals surface area contributed by atoms with Crippen LogP contribution in [0.25, 0.3) is 11.6 Å². The fourth-order valence-corrected chi connectivity index (χ4v) is 2.65. The molecule has 104 valence electrons. The first kappa shape index (κ1) is 12.1. The fraction of sp³-hybridized carbons (Fsp3) is 0.176. The number of oxazole rings is 1. The summed E-state index contributed by atoms with van der Waals surface area (Å²) in [5, 5.41) is 0. The van der Waals surface area contributed by atoms with E-state index in [2.05, 4.69) is 46.1 Å². The lowest BCUT2D eigenvalue weighted by Crippen LogP contribution is -2.15. The summed E-state index contributed by atoms with van der Waals surface area (Å²) in [4.78, 5) is 11.1. The monoisotopic (exact) mass is 277 g/mol. The number of nitrogens with zero attached hydrogens (tertiary/aromatic N) is 3. The second kappa shape index (κ2) is 4.74. The maximum atomic E-state index is 5.88. The maximum absolute atomic E-state index is 5.88. The summed E-state index contributed by atoms with van der Waals surface area (Å²) < 4.78 is 5.88. The summed E-state index contributed by atoms with van der Waals surface area (Å²) in [6.07, 6.45) is 1.75. The molecule has 0 saturated carbocycles. The van der Waals surface area contributed by atoms with Crippen LogP contribution >= 0.6 is 0 Å². The average Bonchev–Trinajstić information content (AvgIpc) is 3.07. The first-order valence-electron chi connectivity index (χ1n) is 7.01. The van der Waals surface area contributed by atoms with E-state index >= 15 is 0 Å². The highest BCUT2D eigenvalue weighted by Crippen LogP contribution is 2.31. The van der Waals surface area contributed by atoms with Crippen molar-refractivity contribution in [1.82, 2.24) is 9.97 Å². The molecule has 0 radical (unpaired) electrons. The van der Waals surface area contributed by atoms with Crippen molar-refractivity contribution in [2.75, 3.05) is 4.90 Å². The predicted molar refractivity (Wildman–Crippen MR) is 80.8 cm³/mol. The molecule has 21 heavy (non-hydrogen) atoms. The number of anilines is 1. The van der Waals surface area contributed by atoms with E-state index in [0.717, 1.165) is 30.2 Å². The van der Waals surface area contributed by atoms with Gasteiger partial charge in [-0.1, -0.05) is 18.2 Å². The van der Waals surface area contributed by atoms with Crippen LogP contribution in [0.4, 0.5) is 5.69 Å². The molecule has 1 aromatic carbocycles. The Labute approximate surface area is 123 Å². The van der Waals surface area contributed by atoms with Gasteiger partial charge in [-0.3, -0.25) is 4.98 Å². The molecular formula is C17H15N3O. The highest BCUT2D eigenvalue weighted by Gasteiger charge is 2.26. The summed E-state index contributed by atoms with van der Waals surface area (Å²) in [7, 11) is 0. The van der Waals surface area contributed by atoms with E-state index in [4.69, 9.17) is 4.42 Å². The Morgan fingerprint density at radius 2 is 2.05 bits per heavy atom. The average molecular weight is 277 g/mol. The molecule has 0 bridgehead atoms. The third-order valence-electron chi connectivity index (χ3n) is 3.70. The number of benzene rings is 1. The van der Waals surface area contributed by atoms with Crippen molar-refractivity contribution >= 4 is 5.69 Å². The zero-order valence-electron chi connectivity index (χ0n) is 11.8. The molecule has 1 aliphatic rings. The number of aromatic nitrogens is 2. The van der Waals surface area contributed by atoms with Crippen molar-refractivity contribution in [1.29, 1.82) is 0 Å². The summed E-state index contributed by atoms with van der Waals surface area (Å²) in [5.41, 5.74) is 4.27. The second-order valence-corrected chi connectivity index (χ2v) is 5.30. The van der Waals surface area contributed by atoms with Crippen LogP contribution in [0, 0.1) is 6.92 Å². The summed E-state index contributed by atoms with van der Waals surface area (Å²) in [5.74, 6) is 1.56. The maximum Gasteiger partial charge on any atom is 0.245 e. The number of rotatable bonds is 2. The summed E-state index contributed by atoms with van der Waals surface area (Å²) >= 11 is 0. The van der Waals surface area contributed by atoms with E-state index in [1.807, 2.05) is 18.2 Å². The smallest absolute Gasteiger partial charge is 0.245 e. The van der Waals surface area contributed by atoms with Gasteiger partial charge in [-0.25, -0.2) is 4.98 Å². The highest BCUT2D eigenvalue weighted by molar-refractivity contribution is 5.53. The van der Waals surface area contributed by atoms with E-state index < -0.39 is 0 Å². The van der Waals surface area contributed by atoms with Crippen molar-refractivity contribution in [2.45, 2.75) is 20.0 Å². The Kier molecular flexibility index (Phi) is 2.74. The molecule has 0 amide bonds. The van der Waals surface area contributed by atoms with Crippen LogP contribution in [0.2, 0.25) is 0 Å². The third kappa shape index (κ3) is 2.18. The zero-order valence-corrected chi connectivity index (χ0v) is 11.8. The van der Waals surface area contributed by atoms with Gasteiger partial charge in [-0.15, -0.1) is 0 Å². The molecule has 3 aromatic rings. The topological polar surface area (TPSA) is 42.2 Å². The molecular weight excluding hydrogens is 262 g/mol. The van der Waals surface area contributed by atoms with Gasteiger partial charge in [0, 0.05) is 11.9 Å². The minimum Gasteiger partial charge on any atom is -0.438 e. The second-order valence-electron chi connectivity index (χ2n) is 5.30. The standard InChI is InChI=1S/C17H15N3O/c1-12-5-4-6-13(9-12)20-10-15-16(11-20)21-17(19-15)14-7-2-3-8-18-14/h2-9H,10-11H2,1H3. The molecule has 0 aliphatic carbocycles. The van der Waals surface area contributed by atoms with Crippen LogP contribution in [0.15, 0.2) is 53.1 Å². The van der Waals surface area contributed by atoms with Crippen molar-refractivity contribution in [3.8, 4) is 11.6 Å². The van der Waals surface area contributed by atoms with E-state index in [0.29, 0.717) is 5.89 Å². The van der Waals surface area contributed by atoms with Crippen molar-refractivity contribution in [3.63, 3.8) is 0 Å². The summed E-state index contributed by atoms with van der Waals surface area (Å²) in [6, 6.07) is 14.2. The number of hydrogen-bond donors (Lipinski definition) is 0. The molecule has 3 heterocycles. The van der Waals surface area contributed by atoms with Gasteiger partial charge in [0.1, 0.15) is 17.1 Å². The Hall–Kier alpha value is -2.62.